The standard InChI is InChI=1S/C22H23NO5/c1-3-4-8-25-16-7-5-6-15-20(16)22(21(24)23(15)2)13-28-17-12-19-18(11-14(17)22)26-9-10-27-19/h5-7,11-12H,3-4,8-10,13H2,1-2H3. The lowest BCUT2D eigenvalue weighted by atomic mass is 9.76. The third-order valence-electron chi connectivity index (χ3n) is 5.77. The van der Waals surface area contributed by atoms with Gasteiger partial charge in [0.1, 0.15) is 36.7 Å². The van der Waals surface area contributed by atoms with Gasteiger partial charge >= 0.3 is 0 Å². The maximum Gasteiger partial charge on any atom is 0.245 e. The molecule has 146 valence electrons. The van der Waals surface area contributed by atoms with Crippen LogP contribution in [0.3, 0.4) is 0 Å². The van der Waals surface area contributed by atoms with E-state index in [4.69, 9.17) is 18.9 Å². The molecule has 28 heavy (non-hydrogen) atoms. The number of hydrogen-bond acceptors (Lipinski definition) is 5. The molecule has 1 atom stereocenters. The molecular formula is C22H23NO5. The second kappa shape index (κ2) is 6.33. The molecule has 0 aliphatic carbocycles. The van der Waals surface area contributed by atoms with Crippen LogP contribution in [0.5, 0.6) is 23.0 Å². The highest BCUT2D eigenvalue weighted by Gasteiger charge is 2.58. The zero-order chi connectivity index (χ0) is 19.3. The molecule has 1 unspecified atom stereocenters. The summed E-state index contributed by atoms with van der Waals surface area (Å²) in [5.74, 6) is 2.72. The first-order valence-corrected chi connectivity index (χ1v) is 9.78. The Morgan fingerprint density at radius 1 is 1.11 bits per heavy atom. The Balaban J connectivity index is 1.68. The number of fused-ring (bicyclic) bond motifs is 5. The molecule has 3 heterocycles. The molecule has 5 rings (SSSR count). The van der Waals surface area contributed by atoms with Gasteiger partial charge in [-0.25, -0.2) is 0 Å². The Bertz CT molecular complexity index is 956. The Labute approximate surface area is 163 Å². The molecule has 1 spiro atoms. The van der Waals surface area contributed by atoms with Crippen molar-refractivity contribution in [3.63, 3.8) is 0 Å². The average Bonchev–Trinajstić information content (AvgIpc) is 3.19. The van der Waals surface area contributed by atoms with Crippen molar-refractivity contribution in [2.75, 3.05) is 38.4 Å². The first-order valence-electron chi connectivity index (χ1n) is 9.78. The highest BCUT2D eigenvalue weighted by Crippen LogP contribution is 2.56. The van der Waals surface area contributed by atoms with Gasteiger partial charge in [-0.3, -0.25) is 4.79 Å². The molecule has 0 aromatic heterocycles. The molecule has 2 aromatic carbocycles. The van der Waals surface area contributed by atoms with Gasteiger partial charge in [0.25, 0.3) is 0 Å². The molecule has 3 aliphatic rings. The van der Waals surface area contributed by atoms with Gasteiger partial charge in [0.15, 0.2) is 11.5 Å². The van der Waals surface area contributed by atoms with E-state index < -0.39 is 5.41 Å². The summed E-state index contributed by atoms with van der Waals surface area (Å²) >= 11 is 0. The number of rotatable bonds is 4. The van der Waals surface area contributed by atoms with Gasteiger partial charge in [-0.2, -0.15) is 0 Å². The van der Waals surface area contributed by atoms with E-state index in [0.29, 0.717) is 37.1 Å². The number of carbonyl (C=O) groups is 1. The average molecular weight is 381 g/mol. The minimum atomic E-state index is -0.919. The van der Waals surface area contributed by atoms with Crippen LogP contribution in [0.4, 0.5) is 5.69 Å². The van der Waals surface area contributed by atoms with E-state index >= 15 is 0 Å². The van der Waals surface area contributed by atoms with Crippen molar-refractivity contribution in [2.45, 2.75) is 25.2 Å². The number of carbonyl (C=O) groups excluding carboxylic acids is 1. The van der Waals surface area contributed by atoms with Crippen LogP contribution < -0.4 is 23.8 Å². The smallest absolute Gasteiger partial charge is 0.245 e. The quantitative estimate of drug-likeness (QED) is 0.761. The molecule has 2 aromatic rings. The summed E-state index contributed by atoms with van der Waals surface area (Å²) in [6.07, 6.45) is 2.01. The minimum absolute atomic E-state index is 0.00975. The van der Waals surface area contributed by atoms with E-state index in [1.165, 1.54) is 0 Å². The monoisotopic (exact) mass is 381 g/mol. The van der Waals surface area contributed by atoms with Crippen molar-refractivity contribution in [3.05, 3.63) is 41.5 Å². The van der Waals surface area contributed by atoms with Crippen LogP contribution in [0.1, 0.15) is 30.9 Å². The van der Waals surface area contributed by atoms with Crippen molar-refractivity contribution in [1.29, 1.82) is 0 Å². The predicted octanol–water partition coefficient (Wildman–Crippen LogP) is 3.29. The fourth-order valence-corrected chi connectivity index (χ4v) is 4.35. The maximum absolute atomic E-state index is 13.5. The van der Waals surface area contributed by atoms with Crippen LogP contribution in [0, 0.1) is 0 Å². The van der Waals surface area contributed by atoms with Gasteiger partial charge in [-0.1, -0.05) is 19.4 Å². The van der Waals surface area contributed by atoms with Crippen LogP contribution in [0.2, 0.25) is 0 Å². The third kappa shape index (κ3) is 2.23. The van der Waals surface area contributed by atoms with Crippen molar-refractivity contribution in [1.82, 2.24) is 0 Å². The maximum atomic E-state index is 13.5. The van der Waals surface area contributed by atoms with E-state index in [0.717, 1.165) is 35.4 Å². The fraction of sp³-hybridized carbons (Fsp3) is 0.409. The van der Waals surface area contributed by atoms with Gasteiger partial charge in [-0.15, -0.1) is 0 Å². The molecule has 6 nitrogen and oxygen atoms in total. The summed E-state index contributed by atoms with van der Waals surface area (Å²) in [4.78, 5) is 15.2. The van der Waals surface area contributed by atoms with Gasteiger partial charge < -0.3 is 23.8 Å². The summed E-state index contributed by atoms with van der Waals surface area (Å²) in [6, 6.07) is 9.58. The lowest BCUT2D eigenvalue weighted by Crippen LogP contribution is -2.41. The third-order valence-corrected chi connectivity index (χ3v) is 5.77. The fourth-order valence-electron chi connectivity index (χ4n) is 4.35. The Hall–Kier alpha value is -2.89. The molecule has 0 saturated carbocycles. The second-order valence-electron chi connectivity index (χ2n) is 7.40. The number of amides is 1. The largest absolute Gasteiger partial charge is 0.493 e. The molecule has 0 bridgehead atoms. The molecule has 1 amide bonds. The van der Waals surface area contributed by atoms with E-state index in [9.17, 15) is 4.79 Å². The molecule has 0 saturated heterocycles. The van der Waals surface area contributed by atoms with Crippen LogP contribution in [0.25, 0.3) is 0 Å². The van der Waals surface area contributed by atoms with Crippen LogP contribution in [-0.4, -0.2) is 39.4 Å². The molecule has 3 aliphatic heterocycles. The number of anilines is 1. The van der Waals surface area contributed by atoms with E-state index in [-0.39, 0.29) is 12.5 Å². The summed E-state index contributed by atoms with van der Waals surface area (Å²) in [5, 5.41) is 0. The van der Waals surface area contributed by atoms with Crippen molar-refractivity contribution < 1.29 is 23.7 Å². The molecular weight excluding hydrogens is 358 g/mol. The Kier molecular flexibility index (Phi) is 3.89. The van der Waals surface area contributed by atoms with Gasteiger partial charge in [0, 0.05) is 24.2 Å². The number of likely N-dealkylation sites (N-methyl/N-ethyl adjacent to an activating group) is 1. The number of nitrogens with zero attached hydrogens (tertiary/aromatic N) is 1. The summed E-state index contributed by atoms with van der Waals surface area (Å²) in [7, 11) is 1.81. The Morgan fingerprint density at radius 2 is 1.89 bits per heavy atom. The molecule has 0 N–H and O–H groups in total. The summed E-state index contributed by atoms with van der Waals surface area (Å²) in [5.41, 5.74) is 1.65. The van der Waals surface area contributed by atoms with Crippen LogP contribution in [0.15, 0.2) is 30.3 Å². The number of ether oxygens (including phenoxy) is 4. The van der Waals surface area contributed by atoms with Crippen molar-refractivity contribution in [3.8, 4) is 23.0 Å². The van der Waals surface area contributed by atoms with Gasteiger partial charge in [0.05, 0.1) is 12.3 Å². The predicted molar refractivity (Wildman–Crippen MR) is 104 cm³/mol. The van der Waals surface area contributed by atoms with Crippen molar-refractivity contribution >= 4 is 11.6 Å². The van der Waals surface area contributed by atoms with Crippen molar-refractivity contribution in [2.24, 2.45) is 0 Å². The second-order valence-corrected chi connectivity index (χ2v) is 7.40. The SMILES string of the molecule is CCCCOc1cccc2c1C1(COc3cc4c(cc31)OCCO4)C(=O)N2C. The molecule has 6 heteroatoms. The van der Waals surface area contributed by atoms with E-state index in [1.54, 1.807) is 4.90 Å². The number of unbranched alkanes of at least 4 members (excludes halogenated alkanes) is 1. The zero-order valence-corrected chi connectivity index (χ0v) is 16.1. The van der Waals surface area contributed by atoms with Gasteiger partial charge in [-0.05, 0) is 24.6 Å². The first kappa shape index (κ1) is 17.2. The Morgan fingerprint density at radius 3 is 2.68 bits per heavy atom. The first-order chi connectivity index (χ1) is 13.7. The number of hydrogen-bond donors (Lipinski definition) is 0. The number of benzene rings is 2. The highest BCUT2D eigenvalue weighted by molar-refractivity contribution is 6.12. The van der Waals surface area contributed by atoms with Crippen LogP contribution >= 0.6 is 0 Å². The topological polar surface area (TPSA) is 57.2 Å². The zero-order valence-electron chi connectivity index (χ0n) is 16.1. The van der Waals surface area contributed by atoms with E-state index in [1.807, 2.05) is 37.4 Å². The highest BCUT2D eigenvalue weighted by atomic mass is 16.6. The summed E-state index contributed by atoms with van der Waals surface area (Å²) in [6.45, 7) is 4.00. The van der Waals surface area contributed by atoms with E-state index in [2.05, 4.69) is 6.92 Å². The lowest BCUT2D eigenvalue weighted by Gasteiger charge is -2.25. The van der Waals surface area contributed by atoms with Crippen LogP contribution in [-0.2, 0) is 10.2 Å². The molecule has 0 radical (unpaired) electrons. The normalized spacial score (nSPS) is 21.5. The molecule has 0 fully saturated rings. The van der Waals surface area contributed by atoms with Gasteiger partial charge in [0.2, 0.25) is 5.91 Å². The lowest BCUT2D eigenvalue weighted by molar-refractivity contribution is -0.121. The minimum Gasteiger partial charge on any atom is -0.493 e. The summed E-state index contributed by atoms with van der Waals surface area (Å²) < 4.78 is 23.6.